The quantitative estimate of drug-likeness (QED) is 0.322. The Morgan fingerprint density at radius 3 is 2.06 bits per heavy atom. The van der Waals surface area contributed by atoms with E-state index < -0.39 is 35.1 Å². The molecule has 0 spiro atoms. The fraction of sp³-hybridized carbons (Fsp3) is 0.333. The predicted octanol–water partition coefficient (Wildman–Crippen LogP) is 2.71. The van der Waals surface area contributed by atoms with E-state index in [1.54, 1.807) is 12.2 Å². The third-order valence-corrected chi connectivity index (χ3v) is 3.58. The highest BCUT2D eigenvalue weighted by molar-refractivity contribution is 5.48. The Morgan fingerprint density at radius 1 is 0.882 bits per heavy atom. The minimum absolute atomic E-state index is 0.0735. The maximum atomic E-state index is 13.7. The number of nitrogens with two attached hydrogens (primary N) is 1. The molecule has 5 heteroatoms. The molecule has 0 fully saturated rings. The van der Waals surface area contributed by atoms with Gasteiger partial charge in [-0.3, -0.25) is 0 Å². The van der Waals surface area contributed by atoms with Crippen LogP contribution in [0.25, 0.3) is 0 Å². The van der Waals surface area contributed by atoms with Crippen LogP contribution in [0.1, 0.15) is 29.4 Å². The Hall–Kier alpha value is -1.36. The monoisotopic (exact) mass is 243 g/mol. The summed E-state index contributed by atoms with van der Waals surface area (Å²) in [5.74, 6) is -7.13. The van der Waals surface area contributed by atoms with Gasteiger partial charge in [-0.25, -0.2) is 17.6 Å². The van der Waals surface area contributed by atoms with Crippen LogP contribution in [0, 0.1) is 23.3 Å². The van der Waals surface area contributed by atoms with Gasteiger partial charge < -0.3 is 5.73 Å². The molecule has 1 nitrogen and oxygen atoms in total. The molecule has 0 heterocycles. The van der Waals surface area contributed by atoms with E-state index in [1.807, 2.05) is 0 Å². The van der Waals surface area contributed by atoms with Crippen LogP contribution in [0.5, 0.6) is 0 Å². The van der Waals surface area contributed by atoms with Gasteiger partial charge in [-0.15, -0.1) is 0 Å². The van der Waals surface area contributed by atoms with E-state index in [2.05, 4.69) is 0 Å². The Balaban J connectivity index is 2.36. The van der Waals surface area contributed by atoms with E-state index in [-0.39, 0.29) is 17.2 Å². The van der Waals surface area contributed by atoms with Crippen molar-refractivity contribution in [3.05, 3.63) is 46.5 Å². The fourth-order valence-electron chi connectivity index (χ4n) is 2.79. The summed E-state index contributed by atoms with van der Waals surface area (Å²) < 4.78 is 53.7. The van der Waals surface area contributed by atoms with Crippen molar-refractivity contribution in [1.29, 1.82) is 0 Å². The van der Waals surface area contributed by atoms with Crippen LogP contribution in [0.15, 0.2) is 12.2 Å². The molecule has 3 aliphatic rings. The van der Waals surface area contributed by atoms with E-state index in [9.17, 15) is 17.6 Å². The lowest BCUT2D eigenvalue weighted by molar-refractivity contribution is 0.366. The number of fused-ring (bicyclic) bond motifs is 1. The van der Waals surface area contributed by atoms with Crippen LogP contribution in [0.4, 0.5) is 17.6 Å². The summed E-state index contributed by atoms with van der Waals surface area (Å²) in [5, 5.41) is 0. The first-order chi connectivity index (χ1) is 8.02. The molecule has 0 saturated heterocycles. The van der Waals surface area contributed by atoms with Gasteiger partial charge in [-0.05, 0) is 6.42 Å². The lowest BCUT2D eigenvalue weighted by atomic mass is 9.68. The number of hydrogen-bond acceptors (Lipinski definition) is 1. The smallest absolute Gasteiger partial charge is 0.197 e. The van der Waals surface area contributed by atoms with Crippen molar-refractivity contribution in [2.45, 2.75) is 24.3 Å². The molecule has 4 rings (SSSR count). The van der Waals surface area contributed by atoms with Gasteiger partial charge in [-0.1, -0.05) is 12.2 Å². The van der Waals surface area contributed by atoms with Crippen LogP contribution < -0.4 is 5.73 Å². The Bertz CT molecular complexity index is 538. The molecule has 0 saturated carbocycles. The molecule has 0 aliphatic heterocycles. The van der Waals surface area contributed by atoms with E-state index in [4.69, 9.17) is 5.73 Å². The van der Waals surface area contributed by atoms with E-state index in [0.717, 1.165) is 0 Å². The third-order valence-electron chi connectivity index (χ3n) is 3.58. The summed E-state index contributed by atoms with van der Waals surface area (Å²) in [7, 11) is 0. The highest BCUT2D eigenvalue weighted by Gasteiger charge is 2.41. The van der Waals surface area contributed by atoms with Crippen molar-refractivity contribution in [1.82, 2.24) is 0 Å². The van der Waals surface area contributed by atoms with Gasteiger partial charge in [0.2, 0.25) is 0 Å². The Morgan fingerprint density at radius 2 is 1.47 bits per heavy atom. The van der Waals surface area contributed by atoms with Gasteiger partial charge in [0, 0.05) is 29.0 Å². The SMILES string of the molecule is N[C@@H]1C[C@@H]2C=C[C@@H]1c1c(F)c(F)c(F)c(F)c12. The summed E-state index contributed by atoms with van der Waals surface area (Å²) >= 11 is 0. The molecular weight excluding hydrogens is 234 g/mol. The highest BCUT2D eigenvalue weighted by atomic mass is 19.2. The van der Waals surface area contributed by atoms with Crippen molar-refractivity contribution in [3.8, 4) is 0 Å². The lowest BCUT2D eigenvalue weighted by Crippen LogP contribution is -2.38. The molecule has 3 atom stereocenters. The summed E-state index contributed by atoms with van der Waals surface area (Å²) in [5.41, 5.74) is 5.59. The first-order valence-corrected chi connectivity index (χ1v) is 5.32. The summed E-state index contributed by atoms with van der Waals surface area (Å²) in [6, 6.07) is -0.378. The van der Waals surface area contributed by atoms with Gasteiger partial charge >= 0.3 is 0 Å². The van der Waals surface area contributed by atoms with Crippen LogP contribution in [0.3, 0.4) is 0 Å². The lowest BCUT2D eigenvalue weighted by Gasteiger charge is -2.38. The van der Waals surface area contributed by atoms with Gasteiger partial charge in [0.05, 0.1) is 0 Å². The minimum Gasteiger partial charge on any atom is -0.327 e. The van der Waals surface area contributed by atoms with Crippen molar-refractivity contribution >= 4 is 0 Å². The zero-order valence-electron chi connectivity index (χ0n) is 8.68. The molecule has 0 radical (unpaired) electrons. The van der Waals surface area contributed by atoms with Crippen molar-refractivity contribution < 1.29 is 17.6 Å². The second-order valence-corrected chi connectivity index (χ2v) is 4.50. The van der Waals surface area contributed by atoms with Crippen molar-refractivity contribution in [3.63, 3.8) is 0 Å². The van der Waals surface area contributed by atoms with Gasteiger partial charge in [0.25, 0.3) is 0 Å². The van der Waals surface area contributed by atoms with Gasteiger partial charge in [0.1, 0.15) is 0 Å². The predicted molar refractivity (Wildman–Crippen MR) is 53.5 cm³/mol. The van der Waals surface area contributed by atoms with Crippen molar-refractivity contribution in [2.24, 2.45) is 5.73 Å². The van der Waals surface area contributed by atoms with Gasteiger partial charge in [0.15, 0.2) is 23.3 Å². The summed E-state index contributed by atoms with van der Waals surface area (Å²) in [4.78, 5) is 0. The maximum absolute atomic E-state index is 13.7. The van der Waals surface area contributed by atoms with Crippen LogP contribution >= 0.6 is 0 Å². The Labute approximate surface area is 94.9 Å². The fourth-order valence-corrected chi connectivity index (χ4v) is 2.79. The molecule has 0 aromatic heterocycles. The molecule has 1 aromatic rings. The second-order valence-electron chi connectivity index (χ2n) is 4.50. The molecule has 0 unspecified atom stereocenters. The number of rotatable bonds is 0. The zero-order chi connectivity index (χ0) is 12.3. The maximum Gasteiger partial charge on any atom is 0.197 e. The van der Waals surface area contributed by atoms with Crippen LogP contribution in [-0.2, 0) is 0 Å². The van der Waals surface area contributed by atoms with Gasteiger partial charge in [-0.2, -0.15) is 0 Å². The van der Waals surface area contributed by atoms with Crippen LogP contribution in [0.2, 0.25) is 0 Å². The number of hydrogen-bond donors (Lipinski definition) is 1. The zero-order valence-corrected chi connectivity index (χ0v) is 8.68. The minimum atomic E-state index is -1.76. The first kappa shape index (κ1) is 10.8. The Kier molecular flexibility index (Phi) is 2.10. The number of benzene rings is 1. The average Bonchev–Trinajstić information content (AvgIpc) is 2.33. The molecule has 2 bridgehead atoms. The third kappa shape index (κ3) is 1.23. The average molecular weight is 243 g/mol. The summed E-state index contributed by atoms with van der Waals surface area (Å²) in [6.45, 7) is 0. The molecule has 1 aromatic carbocycles. The number of allylic oxidation sites excluding steroid dienone is 1. The molecule has 3 aliphatic carbocycles. The molecule has 17 heavy (non-hydrogen) atoms. The van der Waals surface area contributed by atoms with Crippen LogP contribution in [-0.4, -0.2) is 6.04 Å². The van der Waals surface area contributed by atoms with E-state index in [0.29, 0.717) is 6.42 Å². The molecule has 0 amide bonds. The molecule has 2 N–H and O–H groups in total. The standard InChI is InChI=1S/C12H9F4N/c13-9-7-4-1-2-5(6(17)3-4)8(7)10(14)12(16)11(9)15/h1-2,4-6H,3,17H2/t4-,5-,6+/m0/s1. The topological polar surface area (TPSA) is 26.0 Å². The largest absolute Gasteiger partial charge is 0.327 e. The van der Waals surface area contributed by atoms with Crippen molar-refractivity contribution in [2.75, 3.05) is 0 Å². The van der Waals surface area contributed by atoms with E-state index >= 15 is 0 Å². The molecular formula is C12H9F4N. The highest BCUT2D eigenvalue weighted by Crippen LogP contribution is 2.47. The molecule has 90 valence electrons. The first-order valence-electron chi connectivity index (χ1n) is 5.32. The second kappa shape index (κ2) is 3.32. The number of halogens is 4. The summed E-state index contributed by atoms with van der Waals surface area (Å²) in [6.07, 6.45) is 3.74. The van der Waals surface area contributed by atoms with E-state index in [1.165, 1.54) is 0 Å². The normalized spacial score (nSPS) is 29.6.